The fourth-order valence-corrected chi connectivity index (χ4v) is 4.36. The van der Waals surface area contributed by atoms with E-state index < -0.39 is 0 Å². The maximum absolute atomic E-state index is 2.85. The highest BCUT2D eigenvalue weighted by molar-refractivity contribution is 4.98. The third-order valence-corrected chi connectivity index (χ3v) is 5.28. The highest BCUT2D eigenvalue weighted by Crippen LogP contribution is 2.41. The second kappa shape index (κ2) is 4.30. The van der Waals surface area contributed by atoms with Crippen molar-refractivity contribution >= 4 is 0 Å². The molecule has 0 aromatic carbocycles. The molecule has 0 spiro atoms. The maximum Gasteiger partial charge on any atom is 0.0125 e. The Morgan fingerprint density at radius 3 is 2.62 bits per heavy atom. The average molecular weight is 222 g/mol. The Balaban J connectivity index is 1.49. The molecule has 3 rings (SSSR count). The summed E-state index contributed by atoms with van der Waals surface area (Å²) in [6.45, 7) is 6.52. The van der Waals surface area contributed by atoms with E-state index in [2.05, 4.69) is 23.8 Å². The Labute approximate surface area is 100.0 Å². The monoisotopic (exact) mass is 222 g/mol. The van der Waals surface area contributed by atoms with Crippen LogP contribution >= 0.6 is 0 Å². The molecule has 0 aromatic rings. The molecule has 0 radical (unpaired) electrons. The van der Waals surface area contributed by atoms with Crippen molar-refractivity contribution in [2.75, 3.05) is 26.7 Å². The van der Waals surface area contributed by atoms with E-state index in [0.29, 0.717) is 0 Å². The predicted molar refractivity (Wildman–Crippen MR) is 67.5 cm³/mol. The Morgan fingerprint density at radius 1 is 1.19 bits per heavy atom. The second-order valence-corrected chi connectivity index (χ2v) is 6.45. The molecule has 92 valence electrons. The van der Waals surface area contributed by atoms with Crippen molar-refractivity contribution in [2.24, 2.45) is 11.8 Å². The topological polar surface area (TPSA) is 6.48 Å². The first-order chi connectivity index (χ1) is 7.74. The fraction of sp³-hybridized carbons (Fsp3) is 1.00. The Hall–Kier alpha value is -0.0800. The van der Waals surface area contributed by atoms with Gasteiger partial charge in [0.25, 0.3) is 0 Å². The van der Waals surface area contributed by atoms with Gasteiger partial charge in [0.1, 0.15) is 0 Å². The molecule has 3 saturated heterocycles. The first-order valence-corrected chi connectivity index (χ1v) is 7.18. The van der Waals surface area contributed by atoms with Crippen LogP contribution in [0.4, 0.5) is 0 Å². The van der Waals surface area contributed by atoms with Gasteiger partial charge in [-0.25, -0.2) is 0 Å². The minimum atomic E-state index is 0.948. The lowest BCUT2D eigenvalue weighted by molar-refractivity contribution is 0.221. The van der Waals surface area contributed by atoms with Crippen molar-refractivity contribution in [3.05, 3.63) is 0 Å². The molecule has 3 fully saturated rings. The fourth-order valence-electron chi connectivity index (χ4n) is 4.36. The highest BCUT2D eigenvalue weighted by atomic mass is 15.2. The van der Waals surface area contributed by atoms with Crippen molar-refractivity contribution < 1.29 is 0 Å². The van der Waals surface area contributed by atoms with Gasteiger partial charge in [-0.2, -0.15) is 0 Å². The van der Waals surface area contributed by atoms with Crippen LogP contribution in [0, 0.1) is 11.8 Å². The van der Waals surface area contributed by atoms with Crippen molar-refractivity contribution in [1.29, 1.82) is 0 Å². The molecule has 16 heavy (non-hydrogen) atoms. The number of hydrogen-bond acceptors (Lipinski definition) is 2. The van der Waals surface area contributed by atoms with E-state index in [1.54, 1.807) is 0 Å². The first-order valence-electron chi connectivity index (χ1n) is 7.18. The highest BCUT2D eigenvalue weighted by Gasteiger charge is 2.43. The molecule has 0 aliphatic carbocycles. The summed E-state index contributed by atoms with van der Waals surface area (Å²) >= 11 is 0. The van der Waals surface area contributed by atoms with Crippen LogP contribution in [-0.2, 0) is 0 Å². The lowest BCUT2D eigenvalue weighted by Gasteiger charge is -2.24. The van der Waals surface area contributed by atoms with Crippen molar-refractivity contribution in [1.82, 2.24) is 9.80 Å². The zero-order chi connectivity index (χ0) is 11.1. The molecule has 3 heterocycles. The molecule has 2 nitrogen and oxygen atoms in total. The molecule has 3 aliphatic heterocycles. The first kappa shape index (κ1) is 11.0. The lowest BCUT2D eigenvalue weighted by atomic mass is 9.91. The molecule has 3 aliphatic rings. The zero-order valence-corrected chi connectivity index (χ0v) is 10.9. The molecule has 0 N–H and O–H groups in total. The Bertz CT molecular complexity index is 253. The lowest BCUT2D eigenvalue weighted by Crippen LogP contribution is -2.32. The summed E-state index contributed by atoms with van der Waals surface area (Å²) in [6.07, 6.45) is 7.34. The van der Waals surface area contributed by atoms with Crippen LogP contribution in [0.5, 0.6) is 0 Å². The van der Waals surface area contributed by atoms with Crippen LogP contribution in [0.1, 0.15) is 39.0 Å². The molecule has 4 atom stereocenters. The Kier molecular flexibility index (Phi) is 2.97. The van der Waals surface area contributed by atoms with Gasteiger partial charge in [-0.1, -0.05) is 6.92 Å². The third kappa shape index (κ3) is 1.91. The standard InChI is InChI=1S/C14H26N2/c1-11-9-13-3-4-14(11)16(13)8-6-12-5-7-15(2)10-12/h11-14H,3-10H2,1-2H3. The van der Waals surface area contributed by atoms with E-state index in [9.17, 15) is 0 Å². The second-order valence-electron chi connectivity index (χ2n) is 6.45. The van der Waals surface area contributed by atoms with Crippen LogP contribution in [0.2, 0.25) is 0 Å². The van der Waals surface area contributed by atoms with Gasteiger partial charge in [0.05, 0.1) is 0 Å². The van der Waals surface area contributed by atoms with E-state index in [-0.39, 0.29) is 0 Å². The third-order valence-electron chi connectivity index (χ3n) is 5.28. The molecule has 2 bridgehead atoms. The quantitative estimate of drug-likeness (QED) is 0.722. The average Bonchev–Trinajstić information content (AvgIpc) is 2.89. The van der Waals surface area contributed by atoms with Crippen LogP contribution < -0.4 is 0 Å². The summed E-state index contributed by atoms with van der Waals surface area (Å²) < 4.78 is 0. The molecule has 0 aromatic heterocycles. The largest absolute Gasteiger partial charge is 0.306 e. The Morgan fingerprint density at radius 2 is 2.06 bits per heavy atom. The number of likely N-dealkylation sites (tertiary alicyclic amines) is 1. The van der Waals surface area contributed by atoms with Gasteiger partial charge in [-0.15, -0.1) is 0 Å². The van der Waals surface area contributed by atoms with E-state index in [1.807, 2.05) is 0 Å². The SMILES string of the molecule is CC1CC2CCC1N2CCC1CCN(C)C1. The summed E-state index contributed by atoms with van der Waals surface area (Å²) in [5.74, 6) is 1.96. The van der Waals surface area contributed by atoms with Crippen LogP contribution in [-0.4, -0.2) is 48.6 Å². The summed E-state index contributed by atoms with van der Waals surface area (Å²) in [6, 6.07) is 1.91. The smallest absolute Gasteiger partial charge is 0.0125 e. The number of hydrogen-bond donors (Lipinski definition) is 0. The normalized spacial score (nSPS) is 44.6. The summed E-state index contributed by atoms with van der Waals surface area (Å²) in [4.78, 5) is 5.34. The number of fused-ring (bicyclic) bond motifs is 2. The van der Waals surface area contributed by atoms with Crippen molar-refractivity contribution in [3.63, 3.8) is 0 Å². The molecule has 0 amide bonds. The van der Waals surface area contributed by atoms with E-state index in [0.717, 1.165) is 23.9 Å². The summed E-state index contributed by atoms with van der Waals surface area (Å²) in [5, 5.41) is 0. The van der Waals surface area contributed by atoms with Crippen molar-refractivity contribution in [3.8, 4) is 0 Å². The van der Waals surface area contributed by atoms with E-state index in [4.69, 9.17) is 0 Å². The maximum atomic E-state index is 2.85. The van der Waals surface area contributed by atoms with Crippen molar-refractivity contribution in [2.45, 2.75) is 51.1 Å². The molecular weight excluding hydrogens is 196 g/mol. The van der Waals surface area contributed by atoms with Crippen LogP contribution in [0.25, 0.3) is 0 Å². The van der Waals surface area contributed by atoms with Gasteiger partial charge in [0.15, 0.2) is 0 Å². The molecule has 4 unspecified atom stereocenters. The van der Waals surface area contributed by atoms with Gasteiger partial charge in [0.2, 0.25) is 0 Å². The van der Waals surface area contributed by atoms with E-state index in [1.165, 1.54) is 51.7 Å². The minimum absolute atomic E-state index is 0.948. The van der Waals surface area contributed by atoms with Gasteiger partial charge < -0.3 is 4.90 Å². The molecule has 0 saturated carbocycles. The van der Waals surface area contributed by atoms with Gasteiger partial charge in [0, 0.05) is 18.6 Å². The summed E-state index contributed by atoms with van der Waals surface area (Å²) in [7, 11) is 2.27. The molecule has 2 heteroatoms. The number of rotatable bonds is 3. The van der Waals surface area contributed by atoms with Gasteiger partial charge in [-0.3, -0.25) is 4.90 Å². The zero-order valence-electron chi connectivity index (χ0n) is 10.9. The molecular formula is C14H26N2. The summed E-state index contributed by atoms with van der Waals surface area (Å²) in [5.41, 5.74) is 0. The van der Waals surface area contributed by atoms with Gasteiger partial charge >= 0.3 is 0 Å². The van der Waals surface area contributed by atoms with E-state index >= 15 is 0 Å². The minimum Gasteiger partial charge on any atom is -0.306 e. The van der Waals surface area contributed by atoms with Gasteiger partial charge in [-0.05, 0) is 64.1 Å². The van der Waals surface area contributed by atoms with Crippen LogP contribution in [0.3, 0.4) is 0 Å². The van der Waals surface area contributed by atoms with Crippen LogP contribution in [0.15, 0.2) is 0 Å². The predicted octanol–water partition coefficient (Wildman–Crippen LogP) is 2.20. The number of nitrogens with zero attached hydrogens (tertiary/aromatic N) is 2.